The van der Waals surface area contributed by atoms with E-state index in [1.165, 1.54) is 6.42 Å². The largest absolute Gasteiger partial charge is 0.491 e. The highest BCUT2D eigenvalue weighted by Gasteiger charge is 2.26. The molecule has 1 aliphatic heterocycles. The molecule has 39 heavy (non-hydrogen) atoms. The van der Waals surface area contributed by atoms with Crippen molar-refractivity contribution in [1.29, 1.82) is 0 Å². The zero-order valence-electron chi connectivity index (χ0n) is 24.3. The van der Waals surface area contributed by atoms with E-state index in [-0.39, 0.29) is 24.0 Å². The summed E-state index contributed by atoms with van der Waals surface area (Å²) >= 11 is 0. The van der Waals surface area contributed by atoms with Gasteiger partial charge in [-0.1, -0.05) is 57.0 Å². The molecule has 0 spiro atoms. The number of ether oxygens (including phenoxy) is 1. The number of nitrogens with zero attached hydrogens (tertiary/aromatic N) is 1. The first-order valence-electron chi connectivity index (χ1n) is 14.5. The average molecular weight is 538 g/mol. The molecule has 3 N–H and O–H groups in total. The van der Waals surface area contributed by atoms with Gasteiger partial charge >= 0.3 is 0 Å². The van der Waals surface area contributed by atoms with Crippen LogP contribution >= 0.6 is 0 Å². The third-order valence-electron chi connectivity index (χ3n) is 7.08. The van der Waals surface area contributed by atoms with E-state index in [2.05, 4.69) is 31.4 Å². The predicted octanol–water partition coefficient (Wildman–Crippen LogP) is 5.11. The van der Waals surface area contributed by atoms with Crippen molar-refractivity contribution < 1.29 is 19.4 Å². The van der Waals surface area contributed by atoms with Gasteiger partial charge in [0.15, 0.2) is 0 Å². The molecule has 2 aromatic carbocycles. The Morgan fingerprint density at radius 1 is 1.05 bits per heavy atom. The van der Waals surface area contributed by atoms with E-state index in [1.807, 2.05) is 50.2 Å². The second kappa shape index (κ2) is 15.0. The quantitative estimate of drug-likeness (QED) is 0.294. The Kier molecular flexibility index (Phi) is 11.8. The highest BCUT2D eigenvalue weighted by atomic mass is 16.5. The number of carbonyl (C=O) groups excluding carboxylic acids is 2. The minimum absolute atomic E-state index is 0.0500. The SMILES string of the molecule is CC(C)CCCC(C)NC[C@@H](O)[C@H](Cc1ccccc1)NC(=O)c1cc(OC(C)C)cc(N2CCCC2=O)c1. The molecule has 2 amide bonds. The van der Waals surface area contributed by atoms with Gasteiger partial charge in [-0.25, -0.2) is 0 Å². The molecule has 2 aromatic rings. The van der Waals surface area contributed by atoms with Gasteiger partial charge in [0, 0.05) is 42.9 Å². The first-order chi connectivity index (χ1) is 18.6. The van der Waals surface area contributed by atoms with E-state index < -0.39 is 12.1 Å². The Bertz CT molecular complexity index is 1060. The molecule has 1 aliphatic rings. The fourth-order valence-electron chi connectivity index (χ4n) is 4.93. The van der Waals surface area contributed by atoms with E-state index in [1.54, 1.807) is 17.0 Å². The van der Waals surface area contributed by atoms with Crippen molar-refractivity contribution in [3.8, 4) is 5.75 Å². The summed E-state index contributed by atoms with van der Waals surface area (Å²) in [4.78, 5) is 27.7. The molecule has 1 heterocycles. The van der Waals surface area contributed by atoms with Gasteiger partial charge in [0.2, 0.25) is 5.91 Å². The van der Waals surface area contributed by atoms with Crippen LogP contribution in [0, 0.1) is 5.92 Å². The predicted molar refractivity (Wildman–Crippen MR) is 157 cm³/mol. The molecule has 3 atom stereocenters. The minimum Gasteiger partial charge on any atom is -0.491 e. The molecule has 0 bridgehead atoms. The normalized spacial score (nSPS) is 16.0. The van der Waals surface area contributed by atoms with Crippen LogP contribution in [0.1, 0.15) is 82.6 Å². The Labute approximate surface area is 234 Å². The molecule has 1 saturated heterocycles. The summed E-state index contributed by atoms with van der Waals surface area (Å²) in [6.07, 6.45) is 4.31. The molecule has 0 saturated carbocycles. The summed E-state index contributed by atoms with van der Waals surface area (Å²) in [6.45, 7) is 11.5. The number of rotatable bonds is 15. The van der Waals surface area contributed by atoms with Crippen molar-refractivity contribution in [1.82, 2.24) is 10.6 Å². The Morgan fingerprint density at radius 3 is 2.44 bits per heavy atom. The van der Waals surface area contributed by atoms with Gasteiger partial charge in [-0.3, -0.25) is 9.59 Å². The first kappa shape index (κ1) is 30.6. The monoisotopic (exact) mass is 537 g/mol. The van der Waals surface area contributed by atoms with E-state index in [9.17, 15) is 14.7 Å². The average Bonchev–Trinajstić information content (AvgIpc) is 3.32. The molecule has 3 rings (SSSR count). The number of amides is 2. The lowest BCUT2D eigenvalue weighted by Crippen LogP contribution is -2.49. The lowest BCUT2D eigenvalue weighted by atomic mass is 9.99. The number of hydrogen-bond donors (Lipinski definition) is 3. The second-order valence-electron chi connectivity index (χ2n) is 11.5. The fourth-order valence-corrected chi connectivity index (χ4v) is 4.93. The van der Waals surface area contributed by atoms with Crippen LogP contribution in [0.4, 0.5) is 5.69 Å². The van der Waals surface area contributed by atoms with Crippen LogP contribution in [0.15, 0.2) is 48.5 Å². The summed E-state index contributed by atoms with van der Waals surface area (Å²) in [7, 11) is 0. The third kappa shape index (κ3) is 9.97. The van der Waals surface area contributed by atoms with Gasteiger partial charge in [0.1, 0.15) is 5.75 Å². The van der Waals surface area contributed by atoms with Gasteiger partial charge in [-0.05, 0) is 63.6 Å². The van der Waals surface area contributed by atoms with Gasteiger partial charge < -0.3 is 25.4 Å². The summed E-state index contributed by atoms with van der Waals surface area (Å²) in [6, 6.07) is 14.9. The Balaban J connectivity index is 1.76. The fraction of sp³-hybridized carbons (Fsp3) is 0.562. The van der Waals surface area contributed by atoms with Crippen LogP contribution in [0.3, 0.4) is 0 Å². The minimum atomic E-state index is -0.781. The first-order valence-corrected chi connectivity index (χ1v) is 14.5. The van der Waals surface area contributed by atoms with Crippen molar-refractivity contribution in [2.24, 2.45) is 5.92 Å². The third-order valence-corrected chi connectivity index (χ3v) is 7.08. The maximum absolute atomic E-state index is 13.6. The van der Waals surface area contributed by atoms with E-state index in [0.29, 0.717) is 48.8 Å². The highest BCUT2D eigenvalue weighted by molar-refractivity contribution is 5.99. The zero-order valence-corrected chi connectivity index (χ0v) is 24.3. The summed E-state index contributed by atoms with van der Waals surface area (Å²) in [5.41, 5.74) is 2.10. The Hall–Kier alpha value is -2.90. The molecular weight excluding hydrogens is 490 g/mol. The van der Waals surface area contributed by atoms with E-state index in [0.717, 1.165) is 24.8 Å². The maximum atomic E-state index is 13.6. The van der Waals surface area contributed by atoms with Gasteiger partial charge in [-0.15, -0.1) is 0 Å². The summed E-state index contributed by atoms with van der Waals surface area (Å²) < 4.78 is 5.92. The van der Waals surface area contributed by atoms with E-state index in [4.69, 9.17) is 4.74 Å². The van der Waals surface area contributed by atoms with Gasteiger partial charge in [0.05, 0.1) is 18.2 Å². The zero-order chi connectivity index (χ0) is 28.4. The molecule has 0 aromatic heterocycles. The number of nitrogens with one attached hydrogen (secondary N) is 2. The highest BCUT2D eigenvalue weighted by Crippen LogP contribution is 2.28. The number of carbonyl (C=O) groups is 2. The smallest absolute Gasteiger partial charge is 0.251 e. The van der Waals surface area contributed by atoms with Crippen LogP contribution in [-0.4, -0.2) is 54.3 Å². The van der Waals surface area contributed by atoms with Crippen LogP contribution in [0.25, 0.3) is 0 Å². The van der Waals surface area contributed by atoms with Gasteiger partial charge in [-0.2, -0.15) is 0 Å². The van der Waals surface area contributed by atoms with Crippen LogP contribution < -0.4 is 20.3 Å². The van der Waals surface area contributed by atoms with Crippen LogP contribution in [-0.2, 0) is 11.2 Å². The van der Waals surface area contributed by atoms with Crippen molar-refractivity contribution in [3.63, 3.8) is 0 Å². The number of aliphatic hydroxyl groups is 1. The van der Waals surface area contributed by atoms with Crippen molar-refractivity contribution in [2.75, 3.05) is 18.0 Å². The number of aliphatic hydroxyl groups excluding tert-OH is 1. The van der Waals surface area contributed by atoms with Crippen molar-refractivity contribution in [2.45, 2.75) is 97.4 Å². The molecule has 0 aliphatic carbocycles. The van der Waals surface area contributed by atoms with Crippen molar-refractivity contribution >= 4 is 17.5 Å². The summed E-state index contributed by atoms with van der Waals surface area (Å²) in [5.74, 6) is 0.974. The maximum Gasteiger partial charge on any atom is 0.251 e. The Morgan fingerprint density at radius 2 is 1.79 bits per heavy atom. The second-order valence-corrected chi connectivity index (χ2v) is 11.5. The van der Waals surface area contributed by atoms with E-state index >= 15 is 0 Å². The topological polar surface area (TPSA) is 90.9 Å². The molecule has 214 valence electrons. The van der Waals surface area contributed by atoms with Crippen molar-refractivity contribution in [3.05, 3.63) is 59.7 Å². The molecule has 1 fully saturated rings. The molecule has 1 unspecified atom stereocenters. The number of benzene rings is 2. The number of anilines is 1. The lowest BCUT2D eigenvalue weighted by Gasteiger charge is -2.27. The number of hydrogen-bond acceptors (Lipinski definition) is 5. The molecule has 7 nitrogen and oxygen atoms in total. The molecule has 7 heteroatoms. The van der Waals surface area contributed by atoms with Gasteiger partial charge in [0.25, 0.3) is 5.91 Å². The van der Waals surface area contributed by atoms with Crippen LogP contribution in [0.5, 0.6) is 5.75 Å². The lowest BCUT2D eigenvalue weighted by molar-refractivity contribution is -0.117. The van der Waals surface area contributed by atoms with Crippen LogP contribution in [0.2, 0.25) is 0 Å². The molecular formula is C32H47N3O4. The summed E-state index contributed by atoms with van der Waals surface area (Å²) in [5, 5.41) is 17.7. The molecule has 0 radical (unpaired) electrons. The standard InChI is InChI=1S/C32H47N3O4/c1-22(2)11-9-12-24(5)33-21-30(36)29(17-25-13-7-6-8-14-25)34-32(38)26-18-27(35-16-10-15-31(35)37)20-28(19-26)39-23(3)4/h6-8,13-14,18-20,22-24,29-30,33,36H,9-12,15-17,21H2,1-5H3,(H,34,38)/t24?,29-,30+/m0/s1.